The quantitative estimate of drug-likeness (QED) is 0.458. The largest absolute Gasteiger partial charge is 0.480 e. The van der Waals surface area contributed by atoms with Gasteiger partial charge >= 0.3 is 5.97 Å². The molecule has 10 heteroatoms. The summed E-state index contributed by atoms with van der Waals surface area (Å²) in [6, 6.07) is 4.65. The molecule has 0 radical (unpaired) electrons. The van der Waals surface area contributed by atoms with Crippen LogP contribution in [0.5, 0.6) is 0 Å². The highest BCUT2D eigenvalue weighted by Crippen LogP contribution is 2.21. The van der Waals surface area contributed by atoms with Crippen molar-refractivity contribution >= 4 is 35.7 Å². The van der Waals surface area contributed by atoms with Gasteiger partial charge in [0.25, 0.3) is 5.69 Å². The molecule has 1 aromatic carbocycles. The fourth-order valence-corrected chi connectivity index (χ4v) is 3.55. The number of likely N-dealkylation sites (tertiary alicyclic amines) is 1. The van der Waals surface area contributed by atoms with Crippen LogP contribution in [0, 0.1) is 17.0 Å². The molecule has 1 amide bonds. The lowest BCUT2D eigenvalue weighted by atomic mass is 10.0. The predicted molar refractivity (Wildman–Crippen MR) is 113 cm³/mol. The van der Waals surface area contributed by atoms with Gasteiger partial charge in [0.1, 0.15) is 0 Å². The maximum Gasteiger partial charge on any atom is 0.317 e. The van der Waals surface area contributed by atoms with Crippen molar-refractivity contribution in [3.05, 3.63) is 33.9 Å². The normalized spacial score (nSPS) is 15.0. The molecule has 0 aromatic heterocycles. The molecule has 9 nitrogen and oxygen atoms in total. The number of benzene rings is 1. The molecule has 2 N–H and O–H groups in total. The van der Waals surface area contributed by atoms with Gasteiger partial charge in [-0.25, -0.2) is 0 Å². The van der Waals surface area contributed by atoms with Crippen LogP contribution in [0.2, 0.25) is 0 Å². The molecule has 2 rings (SSSR count). The molecule has 0 atom stereocenters. The SMILES string of the molecule is CCN(CC(=O)O)C1CCN(CCC(=O)Nc2ccc([N+](=O)[O-])cc2C)CC1.Cl. The Morgan fingerprint density at radius 3 is 2.52 bits per heavy atom. The molecule has 162 valence electrons. The Hall–Kier alpha value is -2.23. The number of anilines is 1. The molecular weight excluding hydrogens is 400 g/mol. The summed E-state index contributed by atoms with van der Waals surface area (Å²) in [4.78, 5) is 37.7. The highest BCUT2D eigenvalue weighted by Gasteiger charge is 2.25. The summed E-state index contributed by atoms with van der Waals surface area (Å²) in [7, 11) is 0. The Kier molecular flexibility index (Phi) is 10.0. The van der Waals surface area contributed by atoms with Gasteiger partial charge in [-0.3, -0.25) is 24.6 Å². The van der Waals surface area contributed by atoms with Crippen molar-refractivity contribution in [3.63, 3.8) is 0 Å². The molecule has 1 aliphatic heterocycles. The van der Waals surface area contributed by atoms with E-state index in [1.807, 2.05) is 11.8 Å². The van der Waals surface area contributed by atoms with E-state index in [4.69, 9.17) is 5.11 Å². The molecule has 1 fully saturated rings. The topological polar surface area (TPSA) is 116 Å². The highest BCUT2D eigenvalue weighted by molar-refractivity contribution is 5.91. The van der Waals surface area contributed by atoms with E-state index in [0.29, 0.717) is 30.8 Å². The van der Waals surface area contributed by atoms with Crippen molar-refractivity contribution in [2.45, 2.75) is 39.2 Å². The Morgan fingerprint density at radius 2 is 2.00 bits per heavy atom. The van der Waals surface area contributed by atoms with Gasteiger partial charge in [-0.2, -0.15) is 0 Å². The molecule has 1 aromatic rings. The Bertz CT molecular complexity index is 723. The van der Waals surface area contributed by atoms with Gasteiger partial charge in [-0.1, -0.05) is 6.92 Å². The van der Waals surface area contributed by atoms with Crippen LogP contribution in [-0.2, 0) is 9.59 Å². The van der Waals surface area contributed by atoms with E-state index >= 15 is 0 Å². The van der Waals surface area contributed by atoms with Crippen LogP contribution in [0.4, 0.5) is 11.4 Å². The third-order valence-electron chi connectivity index (χ3n) is 5.17. The zero-order chi connectivity index (χ0) is 20.7. The standard InChI is InChI=1S/C19H28N4O5.ClH/c1-3-22(13-19(25)26)15-6-9-21(10-7-15)11-8-18(24)20-17-5-4-16(23(27)28)12-14(17)2;/h4-5,12,15H,3,6-11,13H2,1-2H3,(H,20,24)(H,25,26);1H. The predicted octanol–water partition coefficient (Wildman–Crippen LogP) is 2.52. The van der Waals surface area contributed by atoms with Crippen molar-refractivity contribution in [3.8, 4) is 0 Å². The van der Waals surface area contributed by atoms with Crippen LogP contribution in [0.15, 0.2) is 18.2 Å². The van der Waals surface area contributed by atoms with Gasteiger partial charge < -0.3 is 15.3 Å². The Labute approximate surface area is 176 Å². The highest BCUT2D eigenvalue weighted by atomic mass is 35.5. The van der Waals surface area contributed by atoms with Crippen molar-refractivity contribution in [1.29, 1.82) is 0 Å². The van der Waals surface area contributed by atoms with Crippen LogP contribution in [-0.4, -0.2) is 70.5 Å². The summed E-state index contributed by atoms with van der Waals surface area (Å²) in [5.74, 6) is -0.928. The van der Waals surface area contributed by atoms with Gasteiger partial charge in [-0.15, -0.1) is 12.4 Å². The maximum atomic E-state index is 12.2. The van der Waals surface area contributed by atoms with Gasteiger partial charge in [0.05, 0.1) is 11.5 Å². The number of piperidine rings is 1. The van der Waals surface area contributed by atoms with Crippen molar-refractivity contribution in [2.75, 3.05) is 38.0 Å². The first-order chi connectivity index (χ1) is 13.3. The number of aliphatic carboxylic acids is 1. The van der Waals surface area contributed by atoms with Crippen LogP contribution in [0.1, 0.15) is 31.7 Å². The molecule has 1 heterocycles. The Morgan fingerprint density at radius 1 is 1.34 bits per heavy atom. The minimum Gasteiger partial charge on any atom is -0.480 e. The first-order valence-corrected chi connectivity index (χ1v) is 9.53. The molecule has 1 aliphatic rings. The summed E-state index contributed by atoms with van der Waals surface area (Å²) >= 11 is 0. The second-order valence-electron chi connectivity index (χ2n) is 7.08. The number of nitro groups is 1. The van der Waals surface area contributed by atoms with Crippen LogP contribution in [0.3, 0.4) is 0 Å². The summed E-state index contributed by atoms with van der Waals surface area (Å²) in [6.45, 7) is 6.79. The number of hydrogen-bond acceptors (Lipinski definition) is 6. The zero-order valence-corrected chi connectivity index (χ0v) is 17.6. The zero-order valence-electron chi connectivity index (χ0n) is 16.8. The summed E-state index contributed by atoms with van der Waals surface area (Å²) < 4.78 is 0. The molecule has 0 bridgehead atoms. The molecule has 29 heavy (non-hydrogen) atoms. The molecule has 0 aliphatic carbocycles. The number of carboxylic acid groups (broad SMARTS) is 1. The third kappa shape index (κ3) is 7.60. The van der Waals surface area contributed by atoms with E-state index in [1.165, 1.54) is 12.1 Å². The molecule has 1 saturated heterocycles. The summed E-state index contributed by atoms with van der Waals surface area (Å²) in [5, 5.41) is 22.6. The maximum absolute atomic E-state index is 12.2. The number of likely N-dealkylation sites (N-methyl/N-ethyl adjacent to an activating group) is 1. The smallest absolute Gasteiger partial charge is 0.317 e. The van der Waals surface area contributed by atoms with Crippen molar-refractivity contribution < 1.29 is 19.6 Å². The number of rotatable bonds is 9. The average molecular weight is 429 g/mol. The van der Waals surface area contributed by atoms with Gasteiger partial charge in [0.15, 0.2) is 0 Å². The number of non-ortho nitro benzene ring substituents is 1. The van der Waals surface area contributed by atoms with Crippen LogP contribution in [0.25, 0.3) is 0 Å². The third-order valence-corrected chi connectivity index (χ3v) is 5.17. The van der Waals surface area contributed by atoms with Gasteiger partial charge in [0, 0.05) is 36.8 Å². The number of nitrogens with one attached hydrogen (secondary N) is 1. The van der Waals surface area contributed by atoms with E-state index in [9.17, 15) is 19.7 Å². The molecule has 0 spiro atoms. The van der Waals surface area contributed by atoms with E-state index in [1.54, 1.807) is 13.0 Å². The second kappa shape index (κ2) is 11.7. The number of carboxylic acids is 1. The minimum atomic E-state index is -0.803. The number of amides is 1. The number of carbonyl (C=O) groups is 2. The lowest BCUT2D eigenvalue weighted by molar-refractivity contribution is -0.384. The fourth-order valence-electron chi connectivity index (χ4n) is 3.55. The number of nitrogens with zero attached hydrogens (tertiary/aromatic N) is 3. The number of hydrogen-bond donors (Lipinski definition) is 2. The van der Waals surface area contributed by atoms with E-state index in [2.05, 4.69) is 10.2 Å². The van der Waals surface area contributed by atoms with Crippen molar-refractivity contribution in [2.24, 2.45) is 0 Å². The summed E-state index contributed by atoms with van der Waals surface area (Å²) in [6.07, 6.45) is 2.13. The van der Waals surface area contributed by atoms with Crippen LogP contribution >= 0.6 is 12.4 Å². The summed E-state index contributed by atoms with van der Waals surface area (Å²) in [5.41, 5.74) is 1.24. The number of aryl methyl sites for hydroxylation is 1. The molecule has 0 unspecified atom stereocenters. The van der Waals surface area contributed by atoms with Crippen molar-refractivity contribution in [1.82, 2.24) is 9.80 Å². The monoisotopic (exact) mass is 428 g/mol. The minimum absolute atomic E-state index is 0. The Balaban J connectivity index is 0.00000420. The molecular formula is C19H29ClN4O5. The molecule has 0 saturated carbocycles. The number of nitro benzene ring substituents is 1. The van der Waals surface area contributed by atoms with E-state index in [0.717, 1.165) is 25.9 Å². The lowest BCUT2D eigenvalue weighted by Gasteiger charge is -2.37. The van der Waals surface area contributed by atoms with Gasteiger partial charge in [-0.05, 0) is 51.0 Å². The van der Waals surface area contributed by atoms with Gasteiger partial charge in [0.2, 0.25) is 5.91 Å². The first-order valence-electron chi connectivity index (χ1n) is 9.53. The first kappa shape index (κ1) is 24.8. The van der Waals surface area contributed by atoms with E-state index < -0.39 is 10.9 Å². The van der Waals surface area contributed by atoms with E-state index in [-0.39, 0.29) is 36.6 Å². The number of carbonyl (C=O) groups excluding carboxylic acids is 1. The number of halogens is 1. The fraction of sp³-hybridized carbons (Fsp3) is 0.579. The van der Waals surface area contributed by atoms with Crippen LogP contribution < -0.4 is 5.32 Å². The lowest BCUT2D eigenvalue weighted by Crippen LogP contribution is -2.47. The second-order valence-corrected chi connectivity index (χ2v) is 7.08. The average Bonchev–Trinajstić information content (AvgIpc) is 2.66.